The molecule has 0 radical (unpaired) electrons. The molecule has 0 saturated carbocycles. The van der Waals surface area contributed by atoms with Gasteiger partial charge in [-0.1, -0.05) is 15.9 Å². The molecule has 4 heteroatoms. The minimum absolute atomic E-state index is 0.288. The maximum absolute atomic E-state index is 13.6. The van der Waals surface area contributed by atoms with E-state index >= 15 is 0 Å². The number of benzene rings is 1. The van der Waals surface area contributed by atoms with Gasteiger partial charge in [0.1, 0.15) is 5.82 Å². The Morgan fingerprint density at radius 3 is 2.57 bits per heavy atom. The van der Waals surface area contributed by atoms with Gasteiger partial charge in [-0.3, -0.25) is 0 Å². The summed E-state index contributed by atoms with van der Waals surface area (Å²) in [7, 11) is 0. The number of halogens is 2. The summed E-state index contributed by atoms with van der Waals surface area (Å²) in [6.07, 6.45) is -0.565. The summed E-state index contributed by atoms with van der Waals surface area (Å²) in [6, 6.07) is 3.33. The lowest BCUT2D eigenvalue weighted by Crippen LogP contribution is -2.03. The van der Waals surface area contributed by atoms with Crippen molar-refractivity contribution in [2.75, 3.05) is 13.2 Å². The predicted octanol–water partition coefficient (Wildman–Crippen LogP) is 2.94. The monoisotopic (exact) mass is 260 g/mol. The summed E-state index contributed by atoms with van der Waals surface area (Å²) < 4.78 is 24.8. The largest absolute Gasteiger partial charge is 0.346 e. The molecule has 1 heterocycles. The van der Waals surface area contributed by atoms with E-state index in [9.17, 15) is 4.39 Å². The topological polar surface area (TPSA) is 18.5 Å². The molecule has 1 aromatic carbocycles. The lowest BCUT2D eigenvalue weighted by atomic mass is 10.1. The van der Waals surface area contributed by atoms with E-state index < -0.39 is 6.29 Å². The fraction of sp³-hybridized carbons (Fsp3) is 0.400. The summed E-state index contributed by atoms with van der Waals surface area (Å²) >= 11 is 3.31. The number of hydrogen-bond acceptors (Lipinski definition) is 2. The SMILES string of the molecule is Cc1cc(F)c(C2OCCO2)c(Br)c1. The minimum Gasteiger partial charge on any atom is -0.346 e. The Hall–Kier alpha value is -0.450. The zero-order valence-electron chi connectivity index (χ0n) is 7.72. The first-order chi connectivity index (χ1) is 6.68. The van der Waals surface area contributed by atoms with E-state index in [1.807, 2.05) is 13.0 Å². The highest BCUT2D eigenvalue weighted by Crippen LogP contribution is 2.32. The van der Waals surface area contributed by atoms with Crippen LogP contribution in [0.15, 0.2) is 16.6 Å². The standard InChI is InChI=1S/C10H10BrFO2/c1-6-4-7(11)9(8(12)5-6)10-13-2-3-14-10/h4-5,10H,2-3H2,1H3. The van der Waals surface area contributed by atoms with Crippen molar-refractivity contribution in [3.05, 3.63) is 33.5 Å². The van der Waals surface area contributed by atoms with Gasteiger partial charge in [0.25, 0.3) is 0 Å². The molecule has 0 amide bonds. The fourth-order valence-electron chi connectivity index (χ4n) is 1.46. The molecule has 0 bridgehead atoms. The highest BCUT2D eigenvalue weighted by atomic mass is 79.9. The van der Waals surface area contributed by atoms with E-state index in [-0.39, 0.29) is 5.82 Å². The highest BCUT2D eigenvalue weighted by Gasteiger charge is 2.24. The van der Waals surface area contributed by atoms with Crippen molar-refractivity contribution in [2.45, 2.75) is 13.2 Å². The summed E-state index contributed by atoms with van der Waals surface area (Å²) in [4.78, 5) is 0. The fourth-order valence-corrected chi connectivity index (χ4v) is 2.20. The molecule has 1 saturated heterocycles. The van der Waals surface area contributed by atoms with Gasteiger partial charge in [0.2, 0.25) is 0 Å². The van der Waals surface area contributed by atoms with Crippen LogP contribution >= 0.6 is 15.9 Å². The van der Waals surface area contributed by atoms with Crippen LogP contribution in [0, 0.1) is 12.7 Å². The van der Waals surface area contributed by atoms with Gasteiger partial charge in [-0.25, -0.2) is 4.39 Å². The molecule has 76 valence electrons. The van der Waals surface area contributed by atoms with Crippen LogP contribution in [0.1, 0.15) is 17.4 Å². The van der Waals surface area contributed by atoms with Crippen molar-refractivity contribution in [3.8, 4) is 0 Å². The van der Waals surface area contributed by atoms with Gasteiger partial charge in [-0.2, -0.15) is 0 Å². The van der Waals surface area contributed by atoms with Crippen molar-refractivity contribution in [3.63, 3.8) is 0 Å². The van der Waals surface area contributed by atoms with Crippen LogP contribution in [0.5, 0.6) is 0 Å². The molecule has 2 nitrogen and oxygen atoms in total. The first-order valence-corrected chi connectivity index (χ1v) is 5.16. The van der Waals surface area contributed by atoms with E-state index in [0.29, 0.717) is 23.2 Å². The molecule has 0 unspecified atom stereocenters. The highest BCUT2D eigenvalue weighted by molar-refractivity contribution is 9.10. The van der Waals surface area contributed by atoms with E-state index in [4.69, 9.17) is 9.47 Å². The molecule has 0 aromatic heterocycles. The van der Waals surface area contributed by atoms with Gasteiger partial charge in [0.15, 0.2) is 6.29 Å². The third-order valence-electron chi connectivity index (χ3n) is 2.08. The number of hydrogen-bond donors (Lipinski definition) is 0. The van der Waals surface area contributed by atoms with Crippen molar-refractivity contribution in [1.29, 1.82) is 0 Å². The molecule has 0 N–H and O–H groups in total. The Labute approximate surface area is 90.1 Å². The zero-order chi connectivity index (χ0) is 10.1. The molecule has 14 heavy (non-hydrogen) atoms. The Balaban J connectivity index is 2.40. The summed E-state index contributed by atoms with van der Waals surface area (Å²) in [5.41, 5.74) is 1.32. The smallest absolute Gasteiger partial charge is 0.187 e. The van der Waals surface area contributed by atoms with Gasteiger partial charge >= 0.3 is 0 Å². The molecular formula is C10H10BrFO2. The van der Waals surface area contributed by atoms with Gasteiger partial charge in [0, 0.05) is 4.47 Å². The summed E-state index contributed by atoms with van der Waals surface area (Å²) in [6.45, 7) is 2.88. The molecule has 1 aliphatic rings. The van der Waals surface area contributed by atoms with Crippen molar-refractivity contribution < 1.29 is 13.9 Å². The van der Waals surface area contributed by atoms with Gasteiger partial charge < -0.3 is 9.47 Å². The maximum Gasteiger partial charge on any atom is 0.187 e. The maximum atomic E-state index is 13.6. The zero-order valence-corrected chi connectivity index (χ0v) is 9.30. The Bertz CT molecular complexity index is 325. The Morgan fingerprint density at radius 2 is 2.00 bits per heavy atom. The molecule has 1 aromatic rings. The van der Waals surface area contributed by atoms with Crippen LogP contribution in [0.25, 0.3) is 0 Å². The quantitative estimate of drug-likeness (QED) is 0.773. The number of rotatable bonds is 1. The van der Waals surface area contributed by atoms with Crippen LogP contribution in [-0.2, 0) is 9.47 Å². The van der Waals surface area contributed by atoms with Crippen LogP contribution in [-0.4, -0.2) is 13.2 Å². The third kappa shape index (κ3) is 1.82. The Morgan fingerprint density at radius 1 is 1.36 bits per heavy atom. The summed E-state index contributed by atoms with van der Waals surface area (Å²) in [5, 5.41) is 0. The second kappa shape index (κ2) is 3.96. The van der Waals surface area contributed by atoms with Crippen molar-refractivity contribution in [1.82, 2.24) is 0 Å². The third-order valence-corrected chi connectivity index (χ3v) is 2.74. The average molecular weight is 261 g/mol. The van der Waals surface area contributed by atoms with E-state index in [2.05, 4.69) is 15.9 Å². The number of ether oxygens (including phenoxy) is 2. The second-order valence-corrected chi connectivity index (χ2v) is 4.07. The van der Waals surface area contributed by atoms with Crippen LogP contribution in [0.4, 0.5) is 4.39 Å². The number of aryl methyl sites for hydroxylation is 1. The molecule has 0 spiro atoms. The predicted molar refractivity (Wildman–Crippen MR) is 53.5 cm³/mol. The Kier molecular flexibility index (Phi) is 2.85. The van der Waals surface area contributed by atoms with Crippen LogP contribution in [0.2, 0.25) is 0 Å². The van der Waals surface area contributed by atoms with E-state index in [1.54, 1.807) is 0 Å². The lowest BCUT2D eigenvalue weighted by Gasteiger charge is -2.13. The van der Waals surface area contributed by atoms with Gasteiger partial charge in [0.05, 0.1) is 18.8 Å². The van der Waals surface area contributed by atoms with Crippen molar-refractivity contribution >= 4 is 15.9 Å². The molecular weight excluding hydrogens is 251 g/mol. The molecule has 1 fully saturated rings. The normalized spacial score (nSPS) is 17.6. The average Bonchev–Trinajstić information content (AvgIpc) is 2.54. The second-order valence-electron chi connectivity index (χ2n) is 3.22. The van der Waals surface area contributed by atoms with E-state index in [0.717, 1.165) is 5.56 Å². The van der Waals surface area contributed by atoms with Gasteiger partial charge in [-0.15, -0.1) is 0 Å². The first-order valence-electron chi connectivity index (χ1n) is 4.37. The minimum atomic E-state index is -0.565. The van der Waals surface area contributed by atoms with Crippen molar-refractivity contribution in [2.24, 2.45) is 0 Å². The van der Waals surface area contributed by atoms with Crippen LogP contribution in [0.3, 0.4) is 0 Å². The lowest BCUT2D eigenvalue weighted by molar-refractivity contribution is -0.0470. The van der Waals surface area contributed by atoms with E-state index in [1.165, 1.54) is 6.07 Å². The molecule has 1 aliphatic heterocycles. The molecule has 2 rings (SSSR count). The molecule has 0 atom stereocenters. The summed E-state index contributed by atoms with van der Waals surface area (Å²) in [5.74, 6) is -0.288. The van der Waals surface area contributed by atoms with Gasteiger partial charge in [-0.05, 0) is 24.6 Å². The molecule has 0 aliphatic carbocycles. The first kappa shape index (κ1) is 10.1. The van der Waals surface area contributed by atoms with Crippen LogP contribution < -0.4 is 0 Å².